The van der Waals surface area contributed by atoms with Crippen LogP contribution in [0.2, 0.25) is 0 Å². The van der Waals surface area contributed by atoms with Crippen LogP contribution < -0.4 is 11.2 Å². The summed E-state index contributed by atoms with van der Waals surface area (Å²) in [5.74, 6) is 0.561. The molecule has 8 nitrogen and oxygen atoms in total. The topological polar surface area (TPSA) is 103 Å². The second-order valence-corrected chi connectivity index (χ2v) is 4.54. The maximum Gasteiger partial charge on any atom is 0.352 e. The van der Waals surface area contributed by atoms with E-state index in [4.69, 9.17) is 0 Å². The van der Waals surface area contributed by atoms with E-state index in [9.17, 15) is 14.7 Å². The minimum absolute atomic E-state index is 0.0673. The molecule has 0 atom stereocenters. The maximum absolute atomic E-state index is 12.1. The normalized spacial score (nSPS) is 11.0. The molecule has 0 spiro atoms. The van der Waals surface area contributed by atoms with Gasteiger partial charge in [0.1, 0.15) is 5.75 Å². The number of aromatic hydroxyl groups is 1. The van der Waals surface area contributed by atoms with E-state index < -0.39 is 11.2 Å². The van der Waals surface area contributed by atoms with Crippen LogP contribution in [0.3, 0.4) is 0 Å². The van der Waals surface area contributed by atoms with Crippen molar-refractivity contribution in [3.63, 3.8) is 0 Å². The molecule has 0 radical (unpaired) electrons. The first-order chi connectivity index (χ1) is 9.97. The van der Waals surface area contributed by atoms with Crippen molar-refractivity contribution in [1.29, 1.82) is 0 Å². The number of aromatic nitrogens is 5. The average molecular weight is 285 g/mol. The molecule has 2 aliphatic rings. The number of aryl methyl sites for hydroxylation is 1. The lowest BCUT2D eigenvalue weighted by Crippen LogP contribution is -2.36. The molecule has 0 aliphatic carbocycles. The van der Waals surface area contributed by atoms with E-state index in [1.807, 2.05) is 0 Å². The summed E-state index contributed by atoms with van der Waals surface area (Å²) < 4.78 is 2.24. The van der Waals surface area contributed by atoms with Crippen molar-refractivity contribution in [1.82, 2.24) is 24.3 Å². The predicted molar refractivity (Wildman–Crippen MR) is 74.0 cm³/mol. The average Bonchev–Trinajstić information content (AvgIpc) is 2.47. The van der Waals surface area contributed by atoms with Gasteiger partial charge in [-0.3, -0.25) is 9.36 Å². The summed E-state index contributed by atoms with van der Waals surface area (Å²) in [4.78, 5) is 31.7. The highest BCUT2D eigenvalue weighted by Crippen LogP contribution is 2.20. The van der Waals surface area contributed by atoms with Crippen LogP contribution in [0.4, 0.5) is 0 Å². The molecule has 0 bridgehead atoms. The van der Waals surface area contributed by atoms with E-state index in [0.29, 0.717) is 11.4 Å². The highest BCUT2D eigenvalue weighted by Gasteiger charge is 2.19. The summed E-state index contributed by atoms with van der Waals surface area (Å²) in [6.07, 6.45) is 0. The Morgan fingerprint density at radius 1 is 1.05 bits per heavy atom. The molecule has 0 unspecified atom stereocenters. The van der Waals surface area contributed by atoms with Gasteiger partial charge in [-0.25, -0.2) is 14.5 Å². The minimum Gasteiger partial charge on any atom is -0.508 e. The molecule has 2 aliphatic heterocycles. The van der Waals surface area contributed by atoms with E-state index >= 15 is 0 Å². The Hall–Kier alpha value is -3.03. The minimum atomic E-state index is -0.649. The zero-order chi connectivity index (χ0) is 15.1. The number of fused-ring (bicyclic) bond motifs is 1. The monoisotopic (exact) mass is 285 g/mol. The lowest BCUT2D eigenvalue weighted by molar-refractivity contribution is 0.475. The second kappa shape index (κ2) is 4.51. The first-order valence-corrected chi connectivity index (χ1v) is 6.09. The Balaban J connectivity index is 2.33. The van der Waals surface area contributed by atoms with Gasteiger partial charge < -0.3 is 5.11 Å². The molecule has 0 fully saturated rings. The largest absolute Gasteiger partial charge is 0.508 e. The van der Waals surface area contributed by atoms with Gasteiger partial charge in [0.2, 0.25) is 0 Å². The Kier molecular flexibility index (Phi) is 2.79. The fourth-order valence-corrected chi connectivity index (χ4v) is 1.93. The molecule has 2 heterocycles. The van der Waals surface area contributed by atoms with Crippen LogP contribution in [0.15, 0.2) is 33.9 Å². The summed E-state index contributed by atoms with van der Waals surface area (Å²) in [6, 6.07) is 6.27. The van der Waals surface area contributed by atoms with Crippen LogP contribution in [-0.4, -0.2) is 29.4 Å². The highest BCUT2D eigenvalue weighted by molar-refractivity contribution is 5.59. The number of hydrogen-bond donors (Lipinski definition) is 1. The van der Waals surface area contributed by atoms with Crippen LogP contribution in [0.1, 0.15) is 0 Å². The quantitative estimate of drug-likeness (QED) is 0.661. The standard InChI is InChI=1S/C13H11N5O3/c1-17-12(20)9-11(15-13(17)21)18(2)16-10(14-9)7-3-5-8(19)6-4-7/h3-6,19H,1-2H3. The van der Waals surface area contributed by atoms with E-state index in [0.717, 1.165) is 4.57 Å². The first-order valence-electron chi connectivity index (χ1n) is 6.09. The van der Waals surface area contributed by atoms with E-state index in [1.54, 1.807) is 19.2 Å². The number of phenolic OH excluding ortho intramolecular Hbond substituents is 1. The van der Waals surface area contributed by atoms with Gasteiger partial charge >= 0.3 is 5.69 Å². The third-order valence-electron chi connectivity index (χ3n) is 3.10. The Morgan fingerprint density at radius 3 is 2.38 bits per heavy atom. The van der Waals surface area contributed by atoms with Gasteiger partial charge in [-0.1, -0.05) is 0 Å². The van der Waals surface area contributed by atoms with Crippen molar-refractivity contribution in [2.75, 3.05) is 0 Å². The highest BCUT2D eigenvalue weighted by atomic mass is 16.3. The van der Waals surface area contributed by atoms with Gasteiger partial charge in [0, 0.05) is 19.7 Å². The summed E-state index contributed by atoms with van der Waals surface area (Å²) in [7, 11) is 2.93. The number of hydrogen-bond acceptors (Lipinski definition) is 6. The molecule has 0 amide bonds. The lowest BCUT2D eigenvalue weighted by atomic mass is 10.2. The molecule has 1 aromatic carbocycles. The van der Waals surface area contributed by atoms with Gasteiger partial charge in [0.05, 0.1) is 0 Å². The molecule has 0 saturated heterocycles. The molecule has 1 aromatic rings. The predicted octanol–water partition coefficient (Wildman–Crippen LogP) is -0.254. The van der Waals surface area contributed by atoms with Gasteiger partial charge in [-0.15, -0.1) is 0 Å². The van der Waals surface area contributed by atoms with Gasteiger partial charge in [0.25, 0.3) is 5.56 Å². The maximum atomic E-state index is 12.1. The molecule has 3 rings (SSSR count). The number of benzene rings is 1. The van der Waals surface area contributed by atoms with E-state index in [1.165, 1.54) is 23.9 Å². The Bertz CT molecular complexity index is 911. The Morgan fingerprint density at radius 2 is 1.71 bits per heavy atom. The van der Waals surface area contributed by atoms with Crippen LogP contribution in [0.25, 0.3) is 22.9 Å². The van der Waals surface area contributed by atoms with Crippen molar-refractivity contribution in [3.05, 3.63) is 45.1 Å². The molecule has 0 saturated carbocycles. The summed E-state index contributed by atoms with van der Waals surface area (Å²) >= 11 is 0. The second-order valence-electron chi connectivity index (χ2n) is 4.54. The smallest absolute Gasteiger partial charge is 0.352 e. The zero-order valence-corrected chi connectivity index (χ0v) is 11.3. The van der Waals surface area contributed by atoms with Crippen LogP contribution in [-0.2, 0) is 14.1 Å². The summed E-state index contributed by atoms with van der Waals surface area (Å²) in [5, 5.41) is 13.5. The third kappa shape index (κ3) is 2.06. The summed E-state index contributed by atoms with van der Waals surface area (Å²) in [5.41, 5.74) is -0.469. The lowest BCUT2D eigenvalue weighted by Gasteiger charge is -2.11. The molecule has 8 heteroatoms. The van der Waals surface area contributed by atoms with Crippen molar-refractivity contribution in [2.45, 2.75) is 0 Å². The zero-order valence-electron chi connectivity index (χ0n) is 11.3. The fraction of sp³-hybridized carbons (Fsp3) is 0.154. The summed E-state index contributed by atoms with van der Waals surface area (Å²) in [6.45, 7) is 0. The van der Waals surface area contributed by atoms with Crippen molar-refractivity contribution >= 4 is 0 Å². The van der Waals surface area contributed by atoms with Crippen molar-refractivity contribution in [2.24, 2.45) is 14.1 Å². The number of phenols is 1. The SMILES string of the molecule is Cn1nc(-c2ccc(O)cc2)nc2c(=O)n(C)c(=O)nc1-2. The molecule has 21 heavy (non-hydrogen) atoms. The van der Waals surface area contributed by atoms with Crippen molar-refractivity contribution < 1.29 is 5.11 Å². The number of rotatable bonds is 1. The van der Waals surface area contributed by atoms with Crippen LogP contribution >= 0.6 is 0 Å². The first kappa shape index (κ1) is 13.0. The molecule has 106 valence electrons. The third-order valence-corrected chi connectivity index (χ3v) is 3.10. The van der Waals surface area contributed by atoms with E-state index in [2.05, 4.69) is 15.1 Å². The van der Waals surface area contributed by atoms with Gasteiger partial charge in [-0.2, -0.15) is 10.1 Å². The number of nitrogens with zero attached hydrogens (tertiary/aromatic N) is 5. The molecule has 1 N–H and O–H groups in total. The molecule has 0 aromatic heterocycles. The van der Waals surface area contributed by atoms with Gasteiger partial charge in [0.15, 0.2) is 17.3 Å². The van der Waals surface area contributed by atoms with Crippen molar-refractivity contribution in [3.8, 4) is 28.7 Å². The van der Waals surface area contributed by atoms with E-state index in [-0.39, 0.29) is 17.3 Å². The fourth-order valence-electron chi connectivity index (χ4n) is 1.93. The molecular weight excluding hydrogens is 274 g/mol. The van der Waals surface area contributed by atoms with Crippen LogP contribution in [0, 0.1) is 0 Å². The van der Waals surface area contributed by atoms with Crippen LogP contribution in [0.5, 0.6) is 5.75 Å². The Labute approximate surface area is 118 Å². The molecular formula is C13H11N5O3. The van der Waals surface area contributed by atoms with Gasteiger partial charge in [-0.05, 0) is 24.3 Å².